The predicted molar refractivity (Wildman–Crippen MR) is 163 cm³/mol. The van der Waals surface area contributed by atoms with Gasteiger partial charge in [0.2, 0.25) is 0 Å². The number of nitrogens with one attached hydrogen (secondary N) is 1. The SMILES string of the molecule is CNc1cc(C(C)=O)ccc1N1CCN(c2ccc(OC(CCc3ccc(Cl)cc3)Cn3ccnc3)cc2)CC1. The lowest BCUT2D eigenvalue weighted by Crippen LogP contribution is -2.46. The Balaban J connectivity index is 1.19. The number of anilines is 3. The summed E-state index contributed by atoms with van der Waals surface area (Å²) in [5, 5.41) is 4.01. The molecule has 0 bridgehead atoms. The smallest absolute Gasteiger partial charge is 0.159 e. The number of nitrogens with zero attached hydrogens (tertiary/aromatic N) is 4. The molecule has 1 aliphatic rings. The van der Waals surface area contributed by atoms with E-state index in [0.717, 1.165) is 73.3 Å². The molecule has 5 rings (SSSR count). The number of hydrogen-bond acceptors (Lipinski definition) is 6. The highest BCUT2D eigenvalue weighted by molar-refractivity contribution is 6.30. The number of aryl methyl sites for hydroxylation is 1. The summed E-state index contributed by atoms with van der Waals surface area (Å²) in [6, 6.07) is 22.4. The summed E-state index contributed by atoms with van der Waals surface area (Å²) in [4.78, 5) is 20.8. The van der Waals surface area contributed by atoms with Gasteiger partial charge in [0.25, 0.3) is 0 Å². The van der Waals surface area contributed by atoms with E-state index in [1.165, 1.54) is 11.3 Å². The van der Waals surface area contributed by atoms with Gasteiger partial charge < -0.3 is 24.4 Å². The van der Waals surface area contributed by atoms with Crippen molar-refractivity contribution >= 4 is 34.4 Å². The van der Waals surface area contributed by atoms with E-state index in [0.29, 0.717) is 0 Å². The highest BCUT2D eigenvalue weighted by Gasteiger charge is 2.20. The number of piperazine rings is 1. The van der Waals surface area contributed by atoms with E-state index in [1.54, 1.807) is 13.1 Å². The Morgan fingerprint density at radius 1 is 1.00 bits per heavy atom. The topological polar surface area (TPSA) is 62.6 Å². The minimum atomic E-state index is 0.00929. The third kappa shape index (κ3) is 6.96. The first-order chi connectivity index (χ1) is 19.5. The summed E-state index contributed by atoms with van der Waals surface area (Å²) in [7, 11) is 1.90. The van der Waals surface area contributed by atoms with Crippen molar-refractivity contribution in [3.63, 3.8) is 0 Å². The fourth-order valence-electron chi connectivity index (χ4n) is 5.16. The number of rotatable bonds is 11. The van der Waals surface area contributed by atoms with Crippen LogP contribution >= 0.6 is 11.6 Å². The average Bonchev–Trinajstić information content (AvgIpc) is 3.50. The number of benzene rings is 3. The zero-order valence-corrected chi connectivity index (χ0v) is 23.8. The third-order valence-electron chi connectivity index (χ3n) is 7.44. The molecule has 0 amide bonds. The Bertz CT molecular complexity index is 1380. The van der Waals surface area contributed by atoms with Gasteiger partial charge >= 0.3 is 0 Å². The number of Topliss-reactive ketones (excluding diaryl/α,β-unsaturated/α-hetero) is 1. The zero-order chi connectivity index (χ0) is 27.9. The first kappa shape index (κ1) is 27.6. The van der Waals surface area contributed by atoms with E-state index in [-0.39, 0.29) is 11.9 Å². The second-order valence-electron chi connectivity index (χ2n) is 10.2. The average molecular weight is 558 g/mol. The number of carbonyl (C=O) groups excluding carboxylic acids is 1. The molecule has 1 saturated heterocycles. The minimum Gasteiger partial charge on any atom is -0.489 e. The van der Waals surface area contributed by atoms with Crippen molar-refractivity contribution in [2.75, 3.05) is 48.3 Å². The Morgan fingerprint density at radius 3 is 2.38 bits per heavy atom. The van der Waals surface area contributed by atoms with Crippen molar-refractivity contribution in [3.8, 4) is 5.75 Å². The molecule has 3 aromatic carbocycles. The van der Waals surface area contributed by atoms with Gasteiger partial charge in [-0.3, -0.25) is 4.79 Å². The Kier molecular flexibility index (Phi) is 8.91. The molecule has 0 saturated carbocycles. The number of aromatic nitrogens is 2. The fourth-order valence-corrected chi connectivity index (χ4v) is 5.29. The second-order valence-corrected chi connectivity index (χ2v) is 10.6. The van der Waals surface area contributed by atoms with Gasteiger partial charge in [-0.15, -0.1) is 0 Å². The molecule has 1 unspecified atom stereocenters. The lowest BCUT2D eigenvalue weighted by atomic mass is 10.1. The minimum absolute atomic E-state index is 0.00929. The van der Waals surface area contributed by atoms with Gasteiger partial charge in [0, 0.05) is 61.9 Å². The number of hydrogen-bond donors (Lipinski definition) is 1. The predicted octanol–water partition coefficient (Wildman–Crippen LogP) is 6.19. The molecule has 1 atom stereocenters. The molecule has 1 aromatic heterocycles. The molecule has 1 fully saturated rings. The molecule has 40 heavy (non-hydrogen) atoms. The summed E-state index contributed by atoms with van der Waals surface area (Å²) in [6.45, 7) is 5.99. The summed E-state index contributed by atoms with van der Waals surface area (Å²) >= 11 is 6.05. The molecule has 208 valence electrons. The Labute approximate surface area is 241 Å². The molecular weight excluding hydrogens is 522 g/mol. The van der Waals surface area contributed by atoms with E-state index in [2.05, 4.69) is 67.1 Å². The standard InChI is InChI=1S/C32H36ClN5O2/c1-24(39)26-6-14-32(31(21-26)34-2)38-19-17-37(18-20-38)28-9-12-29(13-10-28)40-30(22-36-16-15-35-23-36)11-5-25-3-7-27(33)8-4-25/h3-4,6-10,12-16,21,23,30,34H,5,11,17-20,22H2,1-2H3. The molecule has 0 radical (unpaired) electrons. The van der Waals surface area contributed by atoms with Gasteiger partial charge in [0.1, 0.15) is 11.9 Å². The zero-order valence-electron chi connectivity index (χ0n) is 23.1. The highest BCUT2D eigenvalue weighted by atomic mass is 35.5. The molecule has 4 aromatic rings. The van der Waals surface area contributed by atoms with Crippen molar-refractivity contribution in [2.45, 2.75) is 32.4 Å². The normalized spacial score (nSPS) is 14.2. The van der Waals surface area contributed by atoms with Crippen LogP contribution in [0.5, 0.6) is 5.75 Å². The van der Waals surface area contributed by atoms with Crippen LogP contribution in [0.2, 0.25) is 5.02 Å². The van der Waals surface area contributed by atoms with Gasteiger partial charge in [0.15, 0.2) is 5.78 Å². The monoisotopic (exact) mass is 557 g/mol. The summed E-state index contributed by atoms with van der Waals surface area (Å²) in [5.41, 5.74) is 5.29. The van der Waals surface area contributed by atoms with Gasteiger partial charge in [0.05, 0.1) is 24.2 Å². The Hall–Kier alpha value is -3.97. The van der Waals surface area contributed by atoms with Crippen LogP contribution in [0.3, 0.4) is 0 Å². The summed E-state index contributed by atoms with van der Waals surface area (Å²) in [6.07, 6.45) is 7.40. The molecule has 1 N–H and O–H groups in total. The maximum atomic E-state index is 11.8. The molecular formula is C32H36ClN5O2. The lowest BCUT2D eigenvalue weighted by molar-refractivity contribution is 0.101. The molecule has 7 nitrogen and oxygen atoms in total. The highest BCUT2D eigenvalue weighted by Crippen LogP contribution is 2.30. The second kappa shape index (κ2) is 12.9. The third-order valence-corrected chi connectivity index (χ3v) is 7.69. The van der Waals surface area contributed by atoms with Crippen LogP contribution in [0, 0.1) is 0 Å². The van der Waals surface area contributed by atoms with E-state index < -0.39 is 0 Å². The quantitative estimate of drug-likeness (QED) is 0.222. The fraction of sp³-hybridized carbons (Fsp3) is 0.312. The van der Waals surface area contributed by atoms with Crippen LogP contribution in [0.4, 0.5) is 17.1 Å². The van der Waals surface area contributed by atoms with Crippen LogP contribution in [0.1, 0.15) is 29.3 Å². The van der Waals surface area contributed by atoms with Crippen molar-refractivity contribution in [2.24, 2.45) is 0 Å². The van der Waals surface area contributed by atoms with Gasteiger partial charge in [-0.2, -0.15) is 0 Å². The number of carbonyl (C=O) groups is 1. The van der Waals surface area contributed by atoms with Crippen LogP contribution in [0.25, 0.3) is 0 Å². The van der Waals surface area contributed by atoms with E-state index in [4.69, 9.17) is 16.3 Å². The summed E-state index contributed by atoms with van der Waals surface area (Å²) < 4.78 is 8.53. The first-order valence-corrected chi connectivity index (χ1v) is 14.2. The van der Waals surface area contributed by atoms with Crippen LogP contribution in [-0.4, -0.2) is 54.7 Å². The van der Waals surface area contributed by atoms with E-state index in [1.807, 2.05) is 43.8 Å². The number of ether oxygens (including phenoxy) is 1. The largest absolute Gasteiger partial charge is 0.489 e. The maximum absolute atomic E-state index is 11.8. The van der Waals surface area contributed by atoms with Crippen molar-refractivity contribution in [1.82, 2.24) is 9.55 Å². The first-order valence-electron chi connectivity index (χ1n) is 13.8. The maximum Gasteiger partial charge on any atom is 0.159 e. The van der Waals surface area contributed by atoms with Crippen molar-refractivity contribution < 1.29 is 9.53 Å². The molecule has 8 heteroatoms. The van der Waals surface area contributed by atoms with Crippen LogP contribution in [0.15, 0.2) is 85.5 Å². The van der Waals surface area contributed by atoms with Crippen LogP contribution in [-0.2, 0) is 13.0 Å². The lowest BCUT2D eigenvalue weighted by Gasteiger charge is -2.38. The number of halogens is 1. The van der Waals surface area contributed by atoms with Crippen LogP contribution < -0.4 is 19.9 Å². The van der Waals surface area contributed by atoms with E-state index in [9.17, 15) is 4.79 Å². The van der Waals surface area contributed by atoms with E-state index >= 15 is 0 Å². The molecule has 2 heterocycles. The Morgan fingerprint density at radius 2 is 1.73 bits per heavy atom. The van der Waals surface area contributed by atoms with Gasteiger partial charge in [-0.05, 0) is 79.9 Å². The number of ketones is 1. The van der Waals surface area contributed by atoms with Gasteiger partial charge in [-0.1, -0.05) is 23.7 Å². The van der Waals surface area contributed by atoms with Crippen molar-refractivity contribution in [1.29, 1.82) is 0 Å². The number of imidazole rings is 1. The molecule has 0 spiro atoms. The molecule has 0 aliphatic carbocycles. The summed E-state index contributed by atoms with van der Waals surface area (Å²) in [5.74, 6) is 0.947. The molecule has 1 aliphatic heterocycles. The van der Waals surface area contributed by atoms with Gasteiger partial charge in [-0.25, -0.2) is 4.98 Å². The van der Waals surface area contributed by atoms with Crippen molar-refractivity contribution in [3.05, 3.63) is 102 Å².